The van der Waals surface area contributed by atoms with Crippen molar-refractivity contribution in [3.8, 4) is 11.8 Å². The third-order valence-electron chi connectivity index (χ3n) is 3.83. The number of hydrogen-bond acceptors (Lipinski definition) is 4. The average molecular weight is 396 g/mol. The second-order valence-electron chi connectivity index (χ2n) is 5.63. The first-order valence-electron chi connectivity index (χ1n) is 7.91. The summed E-state index contributed by atoms with van der Waals surface area (Å²) in [6.07, 6.45) is 2.89. The summed E-state index contributed by atoms with van der Waals surface area (Å²) in [6, 6.07) is 13.2. The molecule has 0 bridgehead atoms. The number of halogens is 2. The molecule has 28 heavy (non-hydrogen) atoms. The Balaban J connectivity index is 2.20. The molecule has 0 aliphatic carbocycles. The molecule has 1 heterocycles. The van der Waals surface area contributed by atoms with E-state index in [-0.39, 0.29) is 16.8 Å². The first kappa shape index (κ1) is 19.0. The van der Waals surface area contributed by atoms with Gasteiger partial charge in [0.05, 0.1) is 5.69 Å². The molecule has 6 nitrogen and oxygen atoms in total. The molecule has 1 N–H and O–H groups in total. The highest BCUT2D eigenvalue weighted by Gasteiger charge is 2.21. The third kappa shape index (κ3) is 3.82. The fraction of sp³-hybridized carbons (Fsp3) is 0. The van der Waals surface area contributed by atoms with Gasteiger partial charge in [-0.1, -0.05) is 35.9 Å². The van der Waals surface area contributed by atoms with Crippen molar-refractivity contribution >= 4 is 29.7 Å². The maximum absolute atomic E-state index is 13.1. The molecular formula is C20H11ClFN3O3. The van der Waals surface area contributed by atoms with Crippen LogP contribution in [-0.4, -0.2) is 20.9 Å². The summed E-state index contributed by atoms with van der Waals surface area (Å²) in [5, 5.41) is 23.4. The van der Waals surface area contributed by atoms with Gasteiger partial charge in [0.25, 0.3) is 5.56 Å². The van der Waals surface area contributed by atoms with Crippen molar-refractivity contribution < 1.29 is 14.3 Å². The average Bonchev–Trinajstić information content (AvgIpc) is 2.68. The van der Waals surface area contributed by atoms with E-state index in [1.165, 1.54) is 18.2 Å². The zero-order valence-corrected chi connectivity index (χ0v) is 14.9. The molecule has 8 heteroatoms. The van der Waals surface area contributed by atoms with E-state index in [0.29, 0.717) is 10.6 Å². The number of rotatable bonds is 4. The summed E-state index contributed by atoms with van der Waals surface area (Å²) < 4.78 is 13.9. The van der Waals surface area contributed by atoms with Crippen molar-refractivity contribution in [1.29, 1.82) is 5.26 Å². The molecule has 3 rings (SSSR count). The van der Waals surface area contributed by atoms with Crippen molar-refractivity contribution in [3.63, 3.8) is 0 Å². The quantitative estimate of drug-likeness (QED) is 0.725. The Labute approximate surface area is 163 Å². The maximum Gasteiger partial charge on any atom is 0.357 e. The highest BCUT2D eigenvalue weighted by Crippen LogP contribution is 2.17. The Bertz CT molecular complexity index is 1180. The van der Waals surface area contributed by atoms with Crippen LogP contribution in [0.5, 0.6) is 0 Å². The molecule has 0 atom stereocenters. The number of aromatic carboxylic acids is 1. The largest absolute Gasteiger partial charge is 0.476 e. The summed E-state index contributed by atoms with van der Waals surface area (Å²) >= 11 is 5.83. The van der Waals surface area contributed by atoms with Crippen LogP contribution in [0, 0.1) is 17.1 Å². The molecule has 138 valence electrons. The van der Waals surface area contributed by atoms with Crippen LogP contribution < -0.4 is 5.56 Å². The topological polar surface area (TPSA) is 96.0 Å². The molecule has 0 radical (unpaired) electrons. The van der Waals surface area contributed by atoms with E-state index in [1.807, 2.05) is 0 Å². The Morgan fingerprint density at radius 3 is 2.36 bits per heavy atom. The van der Waals surface area contributed by atoms with Crippen molar-refractivity contribution in [1.82, 2.24) is 9.78 Å². The van der Waals surface area contributed by atoms with Crippen LogP contribution in [0.2, 0.25) is 5.02 Å². The SMILES string of the molecule is N#Cc1c(/C=C\c2ccc(Cl)cc2)c(C(=O)O)nn(-c2ccc(F)cc2)c1=O. The normalized spacial score (nSPS) is 10.8. The highest BCUT2D eigenvalue weighted by atomic mass is 35.5. The zero-order valence-electron chi connectivity index (χ0n) is 14.1. The zero-order chi connectivity index (χ0) is 20.3. The Morgan fingerprint density at radius 2 is 1.79 bits per heavy atom. The van der Waals surface area contributed by atoms with E-state index < -0.39 is 23.0 Å². The Morgan fingerprint density at radius 1 is 1.14 bits per heavy atom. The first-order valence-corrected chi connectivity index (χ1v) is 8.29. The molecule has 2 aromatic carbocycles. The minimum atomic E-state index is -1.41. The molecule has 0 fully saturated rings. The van der Waals surface area contributed by atoms with Crippen molar-refractivity contribution in [2.24, 2.45) is 0 Å². The Hall–Kier alpha value is -3.76. The van der Waals surface area contributed by atoms with Crippen LogP contribution >= 0.6 is 11.6 Å². The smallest absolute Gasteiger partial charge is 0.357 e. The lowest BCUT2D eigenvalue weighted by Gasteiger charge is -2.09. The van der Waals surface area contributed by atoms with Gasteiger partial charge in [-0.15, -0.1) is 0 Å². The number of aromatic nitrogens is 2. The molecule has 0 saturated carbocycles. The van der Waals surface area contributed by atoms with Gasteiger partial charge < -0.3 is 5.11 Å². The summed E-state index contributed by atoms with van der Waals surface area (Å²) in [7, 11) is 0. The summed E-state index contributed by atoms with van der Waals surface area (Å²) in [5.74, 6) is -1.94. The molecule has 3 aromatic rings. The summed E-state index contributed by atoms with van der Waals surface area (Å²) in [5.41, 5.74) is -0.971. The fourth-order valence-electron chi connectivity index (χ4n) is 2.48. The van der Waals surface area contributed by atoms with Gasteiger partial charge in [0, 0.05) is 10.6 Å². The number of hydrogen-bond donors (Lipinski definition) is 1. The van der Waals surface area contributed by atoms with E-state index in [9.17, 15) is 24.3 Å². The molecule has 0 spiro atoms. The molecule has 1 aromatic heterocycles. The van der Waals surface area contributed by atoms with Gasteiger partial charge in [0.15, 0.2) is 5.69 Å². The third-order valence-corrected chi connectivity index (χ3v) is 4.08. The molecule has 0 amide bonds. The lowest BCUT2D eigenvalue weighted by atomic mass is 10.1. The molecular weight excluding hydrogens is 385 g/mol. The number of carbonyl (C=O) groups is 1. The minimum absolute atomic E-state index is 0.117. The lowest BCUT2D eigenvalue weighted by Crippen LogP contribution is -2.28. The van der Waals surface area contributed by atoms with E-state index in [4.69, 9.17) is 11.6 Å². The number of nitrogens with zero attached hydrogens (tertiary/aromatic N) is 3. The monoisotopic (exact) mass is 395 g/mol. The van der Waals surface area contributed by atoms with Crippen molar-refractivity contribution in [3.05, 3.63) is 92.1 Å². The number of benzene rings is 2. The molecule has 0 saturated heterocycles. The Kier molecular flexibility index (Phi) is 5.34. The van der Waals surface area contributed by atoms with Gasteiger partial charge in [-0.25, -0.2) is 9.18 Å². The lowest BCUT2D eigenvalue weighted by molar-refractivity contribution is 0.0688. The van der Waals surface area contributed by atoms with Crippen LogP contribution in [0.1, 0.15) is 27.2 Å². The molecule has 0 aliphatic rings. The number of carboxylic acid groups (broad SMARTS) is 1. The van der Waals surface area contributed by atoms with Gasteiger partial charge in [-0.3, -0.25) is 4.79 Å². The number of nitriles is 1. The van der Waals surface area contributed by atoms with Gasteiger partial charge in [0.2, 0.25) is 0 Å². The van der Waals surface area contributed by atoms with E-state index >= 15 is 0 Å². The summed E-state index contributed by atoms with van der Waals surface area (Å²) in [4.78, 5) is 24.4. The van der Waals surface area contributed by atoms with Crippen LogP contribution in [0.15, 0.2) is 53.3 Å². The van der Waals surface area contributed by atoms with Crippen LogP contribution in [-0.2, 0) is 0 Å². The molecule has 0 aliphatic heterocycles. The molecule has 0 unspecified atom stereocenters. The standard InChI is InChI=1S/C20H11ClFN3O3/c21-13-4-1-12(2-5-13)3-10-16-17(11-23)19(26)25(24-18(16)20(27)28)15-8-6-14(22)7-9-15/h1-10H,(H,27,28)/b10-3-. The van der Waals surface area contributed by atoms with E-state index in [0.717, 1.165) is 16.8 Å². The van der Waals surface area contributed by atoms with Crippen LogP contribution in [0.3, 0.4) is 0 Å². The minimum Gasteiger partial charge on any atom is -0.476 e. The first-order chi connectivity index (χ1) is 13.4. The van der Waals surface area contributed by atoms with E-state index in [1.54, 1.807) is 36.4 Å². The number of carboxylic acids is 1. The van der Waals surface area contributed by atoms with Crippen LogP contribution in [0.25, 0.3) is 17.8 Å². The van der Waals surface area contributed by atoms with Crippen molar-refractivity contribution in [2.45, 2.75) is 0 Å². The van der Waals surface area contributed by atoms with E-state index in [2.05, 4.69) is 5.10 Å². The summed E-state index contributed by atoms with van der Waals surface area (Å²) in [6.45, 7) is 0. The van der Waals surface area contributed by atoms with Gasteiger partial charge in [-0.05, 0) is 42.0 Å². The van der Waals surface area contributed by atoms with Gasteiger partial charge in [-0.2, -0.15) is 15.0 Å². The predicted molar refractivity (Wildman–Crippen MR) is 102 cm³/mol. The second-order valence-corrected chi connectivity index (χ2v) is 6.07. The maximum atomic E-state index is 13.1. The van der Waals surface area contributed by atoms with Crippen molar-refractivity contribution in [2.75, 3.05) is 0 Å². The predicted octanol–water partition coefficient (Wildman–Crippen LogP) is 3.77. The fourth-order valence-corrected chi connectivity index (χ4v) is 2.60. The highest BCUT2D eigenvalue weighted by molar-refractivity contribution is 6.30. The van der Waals surface area contributed by atoms with Gasteiger partial charge in [0.1, 0.15) is 17.4 Å². The second kappa shape index (κ2) is 7.86. The van der Waals surface area contributed by atoms with Gasteiger partial charge >= 0.3 is 5.97 Å². The van der Waals surface area contributed by atoms with Crippen LogP contribution in [0.4, 0.5) is 4.39 Å².